The Hall–Kier alpha value is -2.27. The largest absolute Gasteiger partial charge is 0.492 e. The van der Waals surface area contributed by atoms with Gasteiger partial charge in [0.25, 0.3) is 0 Å². The minimum Gasteiger partial charge on any atom is -0.492 e. The van der Waals surface area contributed by atoms with Crippen LogP contribution in [0.4, 0.5) is 0 Å². The van der Waals surface area contributed by atoms with E-state index in [0.29, 0.717) is 19.6 Å². The number of nitrogens with zero attached hydrogens (tertiary/aromatic N) is 2. The van der Waals surface area contributed by atoms with E-state index in [1.807, 2.05) is 47.9 Å². The number of hydrogen-bond donors (Lipinski definition) is 0. The fourth-order valence-electron chi connectivity index (χ4n) is 2.77. The van der Waals surface area contributed by atoms with Crippen molar-refractivity contribution in [1.82, 2.24) is 9.55 Å². The Balaban J connectivity index is 1.69. The second-order valence-corrected chi connectivity index (χ2v) is 7.32. The summed E-state index contributed by atoms with van der Waals surface area (Å²) in [5.74, 6) is 1.92. The first-order chi connectivity index (χ1) is 12.6. The van der Waals surface area contributed by atoms with Gasteiger partial charge in [-0.3, -0.25) is 4.79 Å². The fourth-order valence-corrected chi connectivity index (χ4v) is 3.60. The number of thioether (sulfide) groups is 1. The molecule has 1 heterocycles. The third-order valence-electron chi connectivity index (χ3n) is 4.48. The lowest BCUT2D eigenvalue weighted by molar-refractivity contribution is -0.119. The Labute approximate surface area is 158 Å². The van der Waals surface area contributed by atoms with E-state index >= 15 is 0 Å². The predicted octanol–water partition coefficient (Wildman–Crippen LogP) is 4.80. The molecule has 0 saturated heterocycles. The van der Waals surface area contributed by atoms with E-state index in [-0.39, 0.29) is 5.78 Å². The van der Waals surface area contributed by atoms with Gasteiger partial charge in [0.2, 0.25) is 0 Å². The number of fused-ring (bicyclic) bond motifs is 1. The molecule has 0 aliphatic heterocycles. The summed E-state index contributed by atoms with van der Waals surface area (Å²) in [5.41, 5.74) is 4.34. The zero-order chi connectivity index (χ0) is 18.5. The number of para-hydroxylation sites is 2. The molecule has 0 bridgehead atoms. The third kappa shape index (κ3) is 4.10. The quantitative estimate of drug-likeness (QED) is 0.423. The van der Waals surface area contributed by atoms with Gasteiger partial charge < -0.3 is 9.30 Å². The lowest BCUT2D eigenvalue weighted by Gasteiger charge is -2.11. The predicted molar refractivity (Wildman–Crippen MR) is 107 cm³/mol. The first-order valence-electron chi connectivity index (χ1n) is 8.89. The summed E-state index contributed by atoms with van der Waals surface area (Å²) in [6.07, 6.45) is 0.534. The Morgan fingerprint density at radius 1 is 1.15 bits per heavy atom. The molecule has 0 unspecified atom stereocenters. The number of carbonyl (C=O) groups excluding carboxylic acids is 1. The molecule has 4 nitrogen and oxygen atoms in total. The van der Waals surface area contributed by atoms with Gasteiger partial charge in [-0.15, -0.1) is 0 Å². The zero-order valence-corrected chi connectivity index (χ0v) is 16.3. The highest BCUT2D eigenvalue weighted by molar-refractivity contribution is 7.99. The number of ether oxygens (including phenoxy) is 1. The molecule has 26 heavy (non-hydrogen) atoms. The first-order valence-corrected chi connectivity index (χ1v) is 9.87. The highest BCUT2D eigenvalue weighted by atomic mass is 32.2. The van der Waals surface area contributed by atoms with Crippen molar-refractivity contribution in [2.75, 3.05) is 12.4 Å². The lowest BCUT2D eigenvalue weighted by Crippen LogP contribution is -2.10. The molecule has 0 amide bonds. The number of aromatic nitrogens is 2. The van der Waals surface area contributed by atoms with E-state index in [2.05, 4.69) is 19.9 Å². The standard InChI is InChI=1S/C21H24N2O2S/c1-4-17(24)14-23-19-10-6-5-9-18(19)22-21(23)26-13-12-25-20-11-7-8-15(2)16(20)3/h5-11H,4,12-14H2,1-3H3. The van der Waals surface area contributed by atoms with E-state index in [0.717, 1.165) is 27.7 Å². The van der Waals surface area contributed by atoms with Crippen LogP contribution in [0.15, 0.2) is 47.6 Å². The number of aryl methyl sites for hydroxylation is 1. The zero-order valence-electron chi connectivity index (χ0n) is 15.5. The van der Waals surface area contributed by atoms with Crippen LogP contribution in [-0.2, 0) is 11.3 Å². The van der Waals surface area contributed by atoms with Crippen LogP contribution in [0.5, 0.6) is 5.75 Å². The Morgan fingerprint density at radius 3 is 2.77 bits per heavy atom. The molecule has 0 saturated carbocycles. The molecule has 3 rings (SSSR count). The second kappa shape index (κ2) is 8.41. The van der Waals surface area contributed by atoms with Crippen LogP contribution in [0.2, 0.25) is 0 Å². The summed E-state index contributed by atoms with van der Waals surface area (Å²) < 4.78 is 7.95. The van der Waals surface area contributed by atoms with Crippen LogP contribution < -0.4 is 4.74 Å². The molecule has 3 aromatic rings. The molecule has 0 fully saturated rings. The lowest BCUT2D eigenvalue weighted by atomic mass is 10.1. The topological polar surface area (TPSA) is 44.1 Å². The van der Waals surface area contributed by atoms with E-state index in [1.165, 1.54) is 11.1 Å². The van der Waals surface area contributed by atoms with Gasteiger partial charge in [-0.1, -0.05) is 43.0 Å². The molecule has 0 atom stereocenters. The van der Waals surface area contributed by atoms with Gasteiger partial charge in [-0.05, 0) is 43.2 Å². The normalized spacial score (nSPS) is 11.0. The smallest absolute Gasteiger partial charge is 0.169 e. The maximum Gasteiger partial charge on any atom is 0.169 e. The number of benzene rings is 2. The maximum absolute atomic E-state index is 12.0. The molecule has 0 spiro atoms. The average molecular weight is 369 g/mol. The van der Waals surface area contributed by atoms with Crippen molar-refractivity contribution < 1.29 is 9.53 Å². The van der Waals surface area contributed by atoms with Gasteiger partial charge in [-0.2, -0.15) is 0 Å². The first kappa shape index (κ1) is 18.5. The second-order valence-electron chi connectivity index (χ2n) is 6.26. The fraction of sp³-hybridized carbons (Fsp3) is 0.333. The van der Waals surface area contributed by atoms with Crippen molar-refractivity contribution in [3.63, 3.8) is 0 Å². The monoisotopic (exact) mass is 368 g/mol. The van der Waals surface area contributed by atoms with Crippen LogP contribution in [0, 0.1) is 13.8 Å². The summed E-state index contributed by atoms with van der Waals surface area (Å²) in [7, 11) is 0. The van der Waals surface area contributed by atoms with Gasteiger partial charge in [0.05, 0.1) is 24.2 Å². The van der Waals surface area contributed by atoms with Gasteiger partial charge in [0.15, 0.2) is 10.9 Å². The van der Waals surface area contributed by atoms with Gasteiger partial charge in [-0.25, -0.2) is 4.98 Å². The van der Waals surface area contributed by atoms with Crippen molar-refractivity contribution in [3.05, 3.63) is 53.6 Å². The number of imidazole rings is 1. The van der Waals surface area contributed by atoms with Crippen molar-refractivity contribution in [1.29, 1.82) is 0 Å². The number of Topliss-reactive ketones (excluding diaryl/α,β-unsaturated/α-hetero) is 1. The minimum atomic E-state index is 0.210. The van der Waals surface area contributed by atoms with Gasteiger partial charge >= 0.3 is 0 Å². The molecule has 136 valence electrons. The third-order valence-corrected chi connectivity index (χ3v) is 5.42. The highest BCUT2D eigenvalue weighted by Gasteiger charge is 2.13. The molecule has 1 aromatic heterocycles. The summed E-state index contributed by atoms with van der Waals surface area (Å²) in [6.45, 7) is 7.03. The number of carbonyl (C=O) groups is 1. The number of rotatable bonds is 8. The Kier molecular flexibility index (Phi) is 5.99. The minimum absolute atomic E-state index is 0.210. The van der Waals surface area contributed by atoms with Crippen LogP contribution >= 0.6 is 11.8 Å². The molecule has 0 aliphatic rings. The van der Waals surface area contributed by atoms with Crippen molar-refractivity contribution in [2.45, 2.75) is 38.9 Å². The van der Waals surface area contributed by atoms with Gasteiger partial charge in [0.1, 0.15) is 5.75 Å². The van der Waals surface area contributed by atoms with Crippen molar-refractivity contribution in [2.24, 2.45) is 0 Å². The van der Waals surface area contributed by atoms with Crippen molar-refractivity contribution in [3.8, 4) is 5.75 Å². The van der Waals surface area contributed by atoms with Crippen LogP contribution in [-0.4, -0.2) is 27.7 Å². The molecule has 0 radical (unpaired) electrons. The van der Waals surface area contributed by atoms with E-state index in [1.54, 1.807) is 11.8 Å². The van der Waals surface area contributed by atoms with Crippen LogP contribution in [0.3, 0.4) is 0 Å². The maximum atomic E-state index is 12.0. The SMILES string of the molecule is CCC(=O)Cn1c(SCCOc2cccc(C)c2C)nc2ccccc21. The number of hydrogen-bond acceptors (Lipinski definition) is 4. The Bertz CT molecular complexity index is 918. The summed E-state index contributed by atoms with van der Waals surface area (Å²) in [5, 5.41) is 0.873. The van der Waals surface area contributed by atoms with Crippen LogP contribution in [0.1, 0.15) is 24.5 Å². The van der Waals surface area contributed by atoms with E-state index < -0.39 is 0 Å². The molecule has 0 aliphatic carbocycles. The van der Waals surface area contributed by atoms with Crippen LogP contribution in [0.25, 0.3) is 11.0 Å². The summed E-state index contributed by atoms with van der Waals surface area (Å²) >= 11 is 1.63. The van der Waals surface area contributed by atoms with Gasteiger partial charge in [0, 0.05) is 12.2 Å². The Morgan fingerprint density at radius 2 is 1.96 bits per heavy atom. The summed E-state index contributed by atoms with van der Waals surface area (Å²) in [6, 6.07) is 14.1. The molecule has 5 heteroatoms. The molecular weight excluding hydrogens is 344 g/mol. The van der Waals surface area contributed by atoms with E-state index in [9.17, 15) is 4.79 Å². The number of ketones is 1. The van der Waals surface area contributed by atoms with E-state index in [4.69, 9.17) is 9.72 Å². The highest BCUT2D eigenvalue weighted by Crippen LogP contribution is 2.25. The molecule has 0 N–H and O–H groups in total. The molecular formula is C21H24N2O2S. The molecule has 2 aromatic carbocycles. The van der Waals surface area contributed by atoms with Crippen molar-refractivity contribution >= 4 is 28.6 Å². The average Bonchev–Trinajstić information content (AvgIpc) is 2.99. The summed E-state index contributed by atoms with van der Waals surface area (Å²) in [4.78, 5) is 16.7.